The average molecular weight is 434 g/mol. The van der Waals surface area contributed by atoms with E-state index in [-0.39, 0.29) is 17.5 Å². The summed E-state index contributed by atoms with van der Waals surface area (Å²) in [5.41, 5.74) is 8.54. The maximum absolute atomic E-state index is 14.4. The first-order chi connectivity index (χ1) is 15.3. The van der Waals surface area contributed by atoms with Gasteiger partial charge in [0.15, 0.2) is 0 Å². The van der Waals surface area contributed by atoms with Crippen molar-refractivity contribution < 1.29 is 14.2 Å². The number of anilines is 1. The molecule has 2 aromatic carbocycles. The zero-order valence-electron chi connectivity index (χ0n) is 18.4. The Morgan fingerprint density at radius 2 is 2.06 bits per heavy atom. The van der Waals surface area contributed by atoms with Crippen LogP contribution >= 0.6 is 0 Å². The van der Waals surface area contributed by atoms with Crippen molar-refractivity contribution in [2.24, 2.45) is 5.92 Å². The third-order valence-corrected chi connectivity index (χ3v) is 6.39. The lowest BCUT2D eigenvalue weighted by Crippen LogP contribution is -2.45. The van der Waals surface area contributed by atoms with Crippen molar-refractivity contribution in [3.8, 4) is 11.1 Å². The molecule has 0 aliphatic carbocycles. The van der Waals surface area contributed by atoms with Gasteiger partial charge in [0.2, 0.25) is 0 Å². The lowest BCUT2D eigenvalue weighted by Gasteiger charge is -2.32. The topological polar surface area (TPSA) is 91.5 Å². The van der Waals surface area contributed by atoms with Crippen molar-refractivity contribution in [2.75, 3.05) is 25.4 Å². The number of nitrogens with zero attached hydrogens (tertiary/aromatic N) is 2. The van der Waals surface area contributed by atoms with Crippen LogP contribution in [0.1, 0.15) is 28.8 Å². The van der Waals surface area contributed by atoms with E-state index in [0.717, 1.165) is 42.4 Å². The molecule has 1 fully saturated rings. The van der Waals surface area contributed by atoms with Crippen LogP contribution < -0.4 is 11.1 Å². The summed E-state index contributed by atoms with van der Waals surface area (Å²) < 4.78 is 14.4. The predicted octanol–water partition coefficient (Wildman–Crippen LogP) is 3.48. The van der Waals surface area contributed by atoms with E-state index in [1.165, 1.54) is 6.07 Å². The fourth-order valence-electron chi connectivity index (χ4n) is 4.49. The van der Waals surface area contributed by atoms with Crippen molar-refractivity contribution in [3.63, 3.8) is 0 Å². The summed E-state index contributed by atoms with van der Waals surface area (Å²) in [6, 6.07) is 10.5. The van der Waals surface area contributed by atoms with Crippen LogP contribution in [0, 0.1) is 18.7 Å². The van der Waals surface area contributed by atoms with Crippen molar-refractivity contribution >= 4 is 29.5 Å². The number of aryl methyl sites for hydroxylation is 1. The minimum absolute atomic E-state index is 0.175. The molecule has 2 heterocycles. The zero-order valence-corrected chi connectivity index (χ0v) is 18.4. The van der Waals surface area contributed by atoms with E-state index < -0.39 is 7.05 Å². The number of rotatable bonds is 5. The highest BCUT2D eigenvalue weighted by Gasteiger charge is 2.25. The first-order valence-corrected chi connectivity index (χ1v) is 11.0. The monoisotopic (exact) mass is 434 g/mol. The SMILES string of the molecule is CB(O)N1CCC(CNC(=O)c2c(N)ncc3cc(-c4c(C)cccc4F)ccc23)CC1. The number of nitrogens with two attached hydrogens (primary N) is 1. The fourth-order valence-corrected chi connectivity index (χ4v) is 4.49. The number of benzene rings is 2. The van der Waals surface area contributed by atoms with Crippen molar-refractivity contribution in [2.45, 2.75) is 26.6 Å². The van der Waals surface area contributed by atoms with Crippen molar-refractivity contribution in [3.05, 3.63) is 59.5 Å². The molecule has 3 aromatic rings. The average Bonchev–Trinajstić information content (AvgIpc) is 2.77. The van der Waals surface area contributed by atoms with Gasteiger partial charge in [-0.15, -0.1) is 0 Å². The molecule has 6 nitrogen and oxygen atoms in total. The second kappa shape index (κ2) is 9.26. The zero-order chi connectivity index (χ0) is 22.8. The summed E-state index contributed by atoms with van der Waals surface area (Å²) >= 11 is 0. The molecular weight excluding hydrogens is 406 g/mol. The Morgan fingerprint density at radius 3 is 2.75 bits per heavy atom. The van der Waals surface area contributed by atoms with Gasteiger partial charge >= 0.3 is 7.05 Å². The quantitative estimate of drug-likeness (QED) is 0.535. The van der Waals surface area contributed by atoms with Crippen LogP contribution in [-0.2, 0) is 0 Å². The van der Waals surface area contributed by atoms with Crippen molar-refractivity contribution in [1.82, 2.24) is 15.1 Å². The van der Waals surface area contributed by atoms with E-state index in [1.54, 1.807) is 19.1 Å². The summed E-state index contributed by atoms with van der Waals surface area (Å²) in [5, 5.41) is 14.1. The Balaban J connectivity index is 1.55. The third-order valence-electron chi connectivity index (χ3n) is 6.39. The highest BCUT2D eigenvalue weighted by Crippen LogP contribution is 2.31. The number of hydrogen-bond acceptors (Lipinski definition) is 5. The van der Waals surface area contributed by atoms with Gasteiger partial charge < -0.3 is 20.9 Å². The molecule has 0 bridgehead atoms. The molecule has 1 amide bonds. The van der Waals surface area contributed by atoms with Crippen LogP contribution in [-0.4, -0.2) is 47.4 Å². The first-order valence-electron chi connectivity index (χ1n) is 11.0. The molecule has 1 saturated heterocycles. The third kappa shape index (κ3) is 4.47. The molecule has 1 aromatic heterocycles. The molecular formula is C24H28BFN4O2. The van der Waals surface area contributed by atoms with Crippen LogP contribution in [0.2, 0.25) is 6.82 Å². The minimum Gasteiger partial charge on any atom is -0.437 e. The van der Waals surface area contributed by atoms with Gasteiger partial charge in [0, 0.05) is 23.7 Å². The molecule has 1 aliphatic heterocycles. The number of nitrogens with one attached hydrogen (secondary N) is 1. The number of nitrogen functional groups attached to an aromatic ring is 1. The van der Waals surface area contributed by atoms with Gasteiger partial charge in [0.1, 0.15) is 11.6 Å². The molecule has 4 rings (SSSR count). The largest absolute Gasteiger partial charge is 0.437 e. The molecule has 32 heavy (non-hydrogen) atoms. The Kier molecular flexibility index (Phi) is 6.44. The first kappa shape index (κ1) is 22.2. The highest BCUT2D eigenvalue weighted by molar-refractivity contribution is 6.45. The lowest BCUT2D eigenvalue weighted by atomic mass is 9.81. The van der Waals surface area contributed by atoms with Gasteiger partial charge in [0.05, 0.1) is 5.56 Å². The normalized spacial score (nSPS) is 15.1. The molecule has 0 atom stereocenters. The van der Waals surface area contributed by atoms with Gasteiger partial charge in [-0.1, -0.05) is 24.3 Å². The van der Waals surface area contributed by atoms with E-state index in [1.807, 2.05) is 36.0 Å². The summed E-state index contributed by atoms with van der Waals surface area (Å²) in [4.78, 5) is 19.3. The van der Waals surface area contributed by atoms with Gasteiger partial charge in [0.25, 0.3) is 5.91 Å². The van der Waals surface area contributed by atoms with E-state index in [0.29, 0.717) is 29.0 Å². The van der Waals surface area contributed by atoms with Crippen LogP contribution in [0.15, 0.2) is 42.6 Å². The number of carbonyl (C=O) groups excluding carboxylic acids is 1. The van der Waals surface area contributed by atoms with Gasteiger partial charge in [-0.05, 0) is 74.2 Å². The lowest BCUT2D eigenvalue weighted by molar-refractivity contribution is 0.0943. The van der Waals surface area contributed by atoms with E-state index in [2.05, 4.69) is 10.3 Å². The maximum atomic E-state index is 14.4. The molecule has 0 saturated carbocycles. The number of hydrogen-bond donors (Lipinski definition) is 3. The molecule has 8 heteroatoms. The van der Waals surface area contributed by atoms with Gasteiger partial charge in [-0.3, -0.25) is 4.79 Å². The van der Waals surface area contributed by atoms with Crippen LogP contribution in [0.3, 0.4) is 0 Å². The fraction of sp³-hybridized carbons (Fsp3) is 0.333. The second-order valence-electron chi connectivity index (χ2n) is 8.57. The highest BCUT2D eigenvalue weighted by atomic mass is 19.1. The van der Waals surface area contributed by atoms with Crippen LogP contribution in [0.25, 0.3) is 21.9 Å². The molecule has 0 radical (unpaired) electrons. The summed E-state index contributed by atoms with van der Waals surface area (Å²) in [7, 11) is -0.440. The number of pyridine rings is 1. The summed E-state index contributed by atoms with van der Waals surface area (Å²) in [5.74, 6) is -0.0109. The number of amides is 1. The summed E-state index contributed by atoms with van der Waals surface area (Å²) in [6.07, 6.45) is 3.45. The Labute approximate surface area is 187 Å². The molecule has 0 spiro atoms. The Morgan fingerprint density at radius 1 is 1.31 bits per heavy atom. The second-order valence-corrected chi connectivity index (χ2v) is 8.57. The molecule has 4 N–H and O–H groups in total. The minimum atomic E-state index is -0.440. The standard InChI is InChI=1S/C24H28BFN4O2/c1-15-4-3-5-20(26)21(15)17-6-7-19-18(12-17)14-28-23(27)22(19)24(31)29-13-16-8-10-30(11-9-16)25(2)32/h3-7,12,14,16,32H,8-11,13H2,1-2H3,(H2,27,28)(H,29,31). The number of carbonyl (C=O) groups is 1. The maximum Gasteiger partial charge on any atom is 0.376 e. The van der Waals surface area contributed by atoms with E-state index in [9.17, 15) is 14.2 Å². The van der Waals surface area contributed by atoms with E-state index in [4.69, 9.17) is 5.73 Å². The van der Waals surface area contributed by atoms with Gasteiger partial charge in [-0.2, -0.15) is 0 Å². The molecule has 166 valence electrons. The number of aromatic nitrogens is 1. The smallest absolute Gasteiger partial charge is 0.376 e. The Hall–Kier alpha value is -2.97. The number of piperidine rings is 1. The van der Waals surface area contributed by atoms with Gasteiger partial charge in [-0.25, -0.2) is 9.37 Å². The Bertz CT molecular complexity index is 1130. The van der Waals surface area contributed by atoms with E-state index >= 15 is 0 Å². The summed E-state index contributed by atoms with van der Waals surface area (Å²) in [6.45, 7) is 5.82. The predicted molar refractivity (Wildman–Crippen MR) is 127 cm³/mol. The molecule has 1 aliphatic rings. The van der Waals surface area contributed by atoms with Crippen molar-refractivity contribution in [1.29, 1.82) is 0 Å². The number of fused-ring (bicyclic) bond motifs is 1. The molecule has 0 unspecified atom stereocenters. The van der Waals surface area contributed by atoms with Crippen LogP contribution in [0.5, 0.6) is 0 Å². The number of halogens is 1. The van der Waals surface area contributed by atoms with Crippen LogP contribution in [0.4, 0.5) is 10.2 Å².